The molecule has 1 aliphatic heterocycles. The van der Waals surface area contributed by atoms with Crippen LogP contribution in [0, 0.1) is 0 Å². The molecule has 1 amide bonds. The highest BCUT2D eigenvalue weighted by atomic mass is 16.5. The highest BCUT2D eigenvalue weighted by Crippen LogP contribution is 2.41. The minimum absolute atomic E-state index is 0.0302. The second kappa shape index (κ2) is 8.68. The molecule has 4 nitrogen and oxygen atoms in total. The Morgan fingerprint density at radius 3 is 2.35 bits per heavy atom. The van der Waals surface area contributed by atoms with Crippen molar-refractivity contribution in [1.82, 2.24) is 4.90 Å². The second-order valence-electron chi connectivity index (χ2n) is 8.03. The van der Waals surface area contributed by atoms with Crippen molar-refractivity contribution in [2.75, 3.05) is 11.9 Å². The summed E-state index contributed by atoms with van der Waals surface area (Å²) in [7, 11) is 0. The van der Waals surface area contributed by atoms with Crippen molar-refractivity contribution < 1.29 is 9.53 Å². The van der Waals surface area contributed by atoms with Crippen LogP contribution in [0.2, 0.25) is 0 Å². The minimum Gasteiger partial charge on any atom is -0.489 e. The topological polar surface area (TPSA) is 41.6 Å². The molecule has 0 spiro atoms. The minimum atomic E-state index is -0.659. The average molecular weight is 413 g/mol. The summed E-state index contributed by atoms with van der Waals surface area (Å²) in [6.45, 7) is 8.94. The maximum absolute atomic E-state index is 13.7. The van der Waals surface area contributed by atoms with Crippen LogP contribution >= 0.6 is 0 Å². The summed E-state index contributed by atoms with van der Waals surface area (Å²) in [5.74, 6) is 0.817. The first-order valence-corrected chi connectivity index (χ1v) is 10.6. The smallest absolute Gasteiger partial charge is 0.258 e. The quantitative estimate of drug-likeness (QED) is 0.486. The van der Waals surface area contributed by atoms with Crippen molar-refractivity contribution in [2.45, 2.75) is 32.5 Å². The number of carbonyl (C=O) groups is 1. The lowest BCUT2D eigenvalue weighted by atomic mass is 9.89. The van der Waals surface area contributed by atoms with Crippen LogP contribution in [-0.2, 0) is 12.2 Å². The summed E-state index contributed by atoms with van der Waals surface area (Å²) >= 11 is 0. The molecule has 0 saturated carbocycles. The van der Waals surface area contributed by atoms with Crippen molar-refractivity contribution in [3.8, 4) is 5.75 Å². The average Bonchev–Trinajstić information content (AvgIpc) is 2.80. The van der Waals surface area contributed by atoms with E-state index in [0.29, 0.717) is 25.1 Å². The van der Waals surface area contributed by atoms with Crippen molar-refractivity contribution in [1.29, 1.82) is 0 Å². The summed E-state index contributed by atoms with van der Waals surface area (Å²) in [6.07, 6.45) is 0.714. The molecule has 0 radical (unpaired) electrons. The molecule has 4 rings (SSSR count). The number of amides is 1. The number of anilines is 1. The molecule has 1 unspecified atom stereocenters. The second-order valence-corrected chi connectivity index (χ2v) is 8.03. The predicted octanol–water partition coefficient (Wildman–Crippen LogP) is 5.97. The van der Waals surface area contributed by atoms with Gasteiger partial charge in [-0.2, -0.15) is 0 Å². The van der Waals surface area contributed by atoms with Gasteiger partial charge in [-0.1, -0.05) is 68.1 Å². The molecule has 0 saturated heterocycles. The first-order valence-electron chi connectivity index (χ1n) is 10.6. The Bertz CT molecular complexity index is 1080. The van der Waals surface area contributed by atoms with Crippen LogP contribution < -0.4 is 10.1 Å². The summed E-state index contributed by atoms with van der Waals surface area (Å²) in [6, 6.07) is 25.9. The third-order valence-electron chi connectivity index (χ3n) is 5.72. The van der Waals surface area contributed by atoms with E-state index in [-0.39, 0.29) is 5.91 Å². The van der Waals surface area contributed by atoms with Gasteiger partial charge in [0, 0.05) is 12.2 Å². The fourth-order valence-corrected chi connectivity index (χ4v) is 4.11. The number of fused-ring (bicyclic) bond motifs is 1. The van der Waals surface area contributed by atoms with Crippen molar-refractivity contribution in [3.63, 3.8) is 0 Å². The van der Waals surface area contributed by atoms with Gasteiger partial charge in [-0.15, -0.1) is 0 Å². The first-order chi connectivity index (χ1) is 15.0. The lowest BCUT2D eigenvalue weighted by molar-refractivity contribution is 0.0454. The van der Waals surface area contributed by atoms with E-state index in [4.69, 9.17) is 4.74 Å². The molecule has 0 fully saturated rings. The Balaban J connectivity index is 1.76. The highest BCUT2D eigenvalue weighted by molar-refractivity contribution is 6.02. The maximum atomic E-state index is 13.7. The van der Waals surface area contributed by atoms with E-state index in [1.54, 1.807) is 0 Å². The number of nitrogens with zero attached hydrogens (tertiary/aromatic N) is 1. The standard InChI is InChI=1S/C27H28N2O2/c1-4-27(22-14-16-23(17-15-22)31-19-20(2)3)28-25-13-9-8-12-24(25)26(30)29(27)18-21-10-6-5-7-11-21/h5-17,28H,2,4,18-19H2,1,3H3. The molecule has 1 heterocycles. The van der Waals surface area contributed by atoms with Gasteiger partial charge in [0.25, 0.3) is 5.91 Å². The largest absolute Gasteiger partial charge is 0.489 e. The molecule has 3 aromatic rings. The molecule has 1 N–H and O–H groups in total. The van der Waals surface area contributed by atoms with E-state index in [2.05, 4.69) is 31.0 Å². The van der Waals surface area contributed by atoms with E-state index in [0.717, 1.165) is 28.1 Å². The van der Waals surface area contributed by atoms with Crippen LogP contribution in [0.15, 0.2) is 91.0 Å². The van der Waals surface area contributed by atoms with Gasteiger partial charge in [-0.25, -0.2) is 0 Å². The van der Waals surface area contributed by atoms with Crippen LogP contribution in [0.4, 0.5) is 5.69 Å². The number of hydrogen-bond acceptors (Lipinski definition) is 3. The zero-order valence-electron chi connectivity index (χ0n) is 18.1. The number of carbonyl (C=O) groups excluding carboxylic acids is 1. The van der Waals surface area contributed by atoms with Crippen molar-refractivity contribution >= 4 is 11.6 Å². The van der Waals surface area contributed by atoms with Crippen LogP contribution in [-0.4, -0.2) is 17.4 Å². The van der Waals surface area contributed by atoms with Gasteiger partial charge in [0.2, 0.25) is 0 Å². The zero-order valence-corrected chi connectivity index (χ0v) is 18.1. The fraction of sp³-hybridized carbons (Fsp3) is 0.222. The SMILES string of the molecule is C=C(C)COc1ccc(C2(CC)Nc3ccccc3C(=O)N2Cc2ccccc2)cc1. The Morgan fingerprint density at radius 2 is 1.68 bits per heavy atom. The van der Waals surface area contributed by atoms with E-state index in [9.17, 15) is 4.79 Å². The molecule has 0 aromatic heterocycles. The number of benzene rings is 3. The first kappa shape index (κ1) is 20.7. The Labute approximate surface area is 184 Å². The summed E-state index contributed by atoms with van der Waals surface area (Å²) < 4.78 is 5.78. The molecule has 1 atom stereocenters. The van der Waals surface area contributed by atoms with Gasteiger partial charge in [0.15, 0.2) is 0 Å². The van der Waals surface area contributed by atoms with Gasteiger partial charge in [0.1, 0.15) is 18.0 Å². The lowest BCUT2D eigenvalue weighted by Crippen LogP contribution is -2.56. The number of nitrogens with one attached hydrogen (secondary N) is 1. The van der Waals surface area contributed by atoms with Gasteiger partial charge >= 0.3 is 0 Å². The molecule has 1 aliphatic rings. The number of ether oxygens (including phenoxy) is 1. The third kappa shape index (κ3) is 4.06. The van der Waals surface area contributed by atoms with Gasteiger partial charge < -0.3 is 15.0 Å². The van der Waals surface area contributed by atoms with Gasteiger partial charge in [-0.05, 0) is 54.3 Å². The zero-order chi connectivity index (χ0) is 21.8. The number of rotatable bonds is 7. The van der Waals surface area contributed by atoms with Crippen LogP contribution in [0.5, 0.6) is 5.75 Å². The molecule has 0 aliphatic carbocycles. The van der Waals surface area contributed by atoms with E-state index < -0.39 is 5.66 Å². The highest BCUT2D eigenvalue weighted by Gasteiger charge is 2.44. The Kier molecular flexibility index (Phi) is 5.81. The maximum Gasteiger partial charge on any atom is 0.258 e. The summed E-state index contributed by atoms with van der Waals surface area (Å²) in [5, 5.41) is 3.70. The summed E-state index contributed by atoms with van der Waals surface area (Å²) in [5.41, 5.74) is 3.99. The van der Waals surface area contributed by atoms with Crippen molar-refractivity contribution in [2.24, 2.45) is 0 Å². The Hall–Kier alpha value is -3.53. The molecule has 158 valence electrons. The third-order valence-corrected chi connectivity index (χ3v) is 5.72. The van der Waals surface area contributed by atoms with Crippen LogP contribution in [0.3, 0.4) is 0 Å². The molecule has 31 heavy (non-hydrogen) atoms. The van der Waals surface area contributed by atoms with Crippen LogP contribution in [0.25, 0.3) is 0 Å². The lowest BCUT2D eigenvalue weighted by Gasteiger charge is -2.48. The van der Waals surface area contributed by atoms with E-state index in [1.807, 2.05) is 78.6 Å². The van der Waals surface area contributed by atoms with E-state index in [1.165, 1.54) is 0 Å². The van der Waals surface area contributed by atoms with Crippen molar-refractivity contribution in [3.05, 3.63) is 108 Å². The molecule has 4 heteroatoms. The molecular formula is C27H28N2O2. The normalized spacial score (nSPS) is 17.6. The van der Waals surface area contributed by atoms with Crippen LogP contribution in [0.1, 0.15) is 41.8 Å². The molecular weight excluding hydrogens is 384 g/mol. The van der Waals surface area contributed by atoms with E-state index >= 15 is 0 Å². The molecule has 3 aromatic carbocycles. The number of para-hydroxylation sites is 1. The van der Waals surface area contributed by atoms with Gasteiger partial charge in [0.05, 0.1) is 5.56 Å². The monoisotopic (exact) mass is 412 g/mol. The Morgan fingerprint density at radius 1 is 1.00 bits per heavy atom. The fourth-order valence-electron chi connectivity index (χ4n) is 4.11. The summed E-state index contributed by atoms with van der Waals surface area (Å²) in [4.78, 5) is 15.6. The van der Waals surface area contributed by atoms with Gasteiger partial charge in [-0.3, -0.25) is 4.79 Å². The predicted molar refractivity (Wildman–Crippen MR) is 125 cm³/mol. The molecule has 0 bridgehead atoms. The number of hydrogen-bond donors (Lipinski definition) is 1.